The van der Waals surface area contributed by atoms with Crippen LogP contribution in [0.25, 0.3) is 16.8 Å². The van der Waals surface area contributed by atoms with Crippen molar-refractivity contribution in [3.63, 3.8) is 0 Å². The van der Waals surface area contributed by atoms with E-state index in [4.69, 9.17) is 39.1 Å². The molecular formula is C25H24N6O. The highest BCUT2D eigenvalue weighted by atomic mass is 16.5. The maximum atomic E-state index is 6.72. The summed E-state index contributed by atoms with van der Waals surface area (Å²) in [6.07, 6.45) is 3.92. The summed E-state index contributed by atoms with van der Waals surface area (Å²) < 4.78 is 6.72. The minimum atomic E-state index is -0.913. The lowest BCUT2D eigenvalue weighted by Gasteiger charge is -2.37. The van der Waals surface area contributed by atoms with Crippen LogP contribution >= 0.6 is 0 Å². The van der Waals surface area contributed by atoms with Crippen molar-refractivity contribution in [3.05, 3.63) is 83.4 Å². The molecule has 7 heteroatoms. The number of hydrogen-bond donors (Lipinski definition) is 6. The van der Waals surface area contributed by atoms with Gasteiger partial charge in [0.1, 0.15) is 0 Å². The molecule has 0 amide bonds. The van der Waals surface area contributed by atoms with Gasteiger partial charge in [-0.05, 0) is 12.2 Å². The van der Waals surface area contributed by atoms with Crippen LogP contribution in [0.4, 0.5) is 34.1 Å². The Hall–Kier alpha value is -4.52. The molecule has 0 aliphatic carbocycles. The second-order valence-electron chi connectivity index (χ2n) is 7.88. The Balaban J connectivity index is 1.87. The first kappa shape index (κ1) is 19.4. The van der Waals surface area contributed by atoms with Crippen molar-refractivity contribution in [1.82, 2.24) is 0 Å². The molecule has 12 N–H and O–H groups in total. The van der Waals surface area contributed by atoms with E-state index in [1.165, 1.54) is 0 Å². The summed E-state index contributed by atoms with van der Waals surface area (Å²) in [5.74, 6) is 0.417. The molecule has 0 saturated heterocycles. The molecule has 160 valence electrons. The number of anilines is 6. The van der Waals surface area contributed by atoms with Crippen LogP contribution in [0.1, 0.15) is 16.7 Å². The summed E-state index contributed by atoms with van der Waals surface area (Å²) in [5.41, 5.74) is 40.8. The van der Waals surface area contributed by atoms with Gasteiger partial charge in [0, 0.05) is 27.5 Å². The largest absolute Gasteiger partial charge is 0.471 e. The second-order valence-corrected chi connectivity index (χ2v) is 7.88. The van der Waals surface area contributed by atoms with Crippen LogP contribution in [0.3, 0.4) is 0 Å². The average Bonchev–Trinajstić information content (AvgIpc) is 2.84. The molecule has 32 heavy (non-hydrogen) atoms. The van der Waals surface area contributed by atoms with Crippen LogP contribution in [-0.4, -0.2) is 0 Å². The van der Waals surface area contributed by atoms with Gasteiger partial charge in [0.2, 0.25) is 0 Å². The Kier molecular flexibility index (Phi) is 4.10. The number of fused-ring (bicyclic) bond motifs is 3. The third-order valence-electron chi connectivity index (χ3n) is 6.13. The fourth-order valence-corrected chi connectivity index (χ4v) is 4.42. The van der Waals surface area contributed by atoms with Crippen molar-refractivity contribution in [1.29, 1.82) is 0 Å². The van der Waals surface area contributed by atoms with E-state index in [1.807, 2.05) is 72.8 Å². The van der Waals surface area contributed by atoms with E-state index in [0.29, 0.717) is 22.1 Å². The molecule has 0 atom stereocenters. The Morgan fingerprint density at radius 1 is 0.531 bits per heavy atom. The van der Waals surface area contributed by atoms with Gasteiger partial charge in [-0.15, -0.1) is 0 Å². The van der Waals surface area contributed by atoms with Crippen LogP contribution < -0.4 is 39.1 Å². The molecule has 0 unspecified atom stereocenters. The molecule has 0 fully saturated rings. The van der Waals surface area contributed by atoms with Crippen LogP contribution in [0.5, 0.6) is 5.75 Å². The molecule has 0 saturated carbocycles. The van der Waals surface area contributed by atoms with Crippen LogP contribution in [0.2, 0.25) is 0 Å². The van der Waals surface area contributed by atoms with Crippen LogP contribution in [-0.2, 0) is 5.60 Å². The lowest BCUT2D eigenvalue weighted by molar-refractivity contribution is 0.162. The van der Waals surface area contributed by atoms with E-state index in [9.17, 15) is 0 Å². The zero-order valence-electron chi connectivity index (χ0n) is 17.3. The molecule has 5 rings (SSSR count). The van der Waals surface area contributed by atoms with Crippen molar-refractivity contribution in [2.24, 2.45) is 0 Å². The number of ether oxygens (including phenoxy) is 1. The van der Waals surface area contributed by atoms with Gasteiger partial charge in [0.05, 0.1) is 34.1 Å². The van der Waals surface area contributed by atoms with Gasteiger partial charge in [-0.25, -0.2) is 0 Å². The van der Waals surface area contributed by atoms with Crippen LogP contribution in [0, 0.1) is 0 Å². The summed E-state index contributed by atoms with van der Waals surface area (Å²) in [5, 5.41) is 1.05. The Bertz CT molecular complexity index is 1360. The lowest BCUT2D eigenvalue weighted by Crippen LogP contribution is -2.34. The standard InChI is InChI=1S/C25H24N6O/c26-18-16-15-11-12-25(13-7-3-1-4-8-13,14-9-5-2-6-10-14)32-24(15)23(31)20(28)17(16)19(27)22(30)21(18)29/h1-12H,26-31H2. The highest BCUT2D eigenvalue weighted by molar-refractivity contribution is 6.22. The SMILES string of the molecule is Nc1c(N)c(N)c2c3c(c(N)c(N)c2c1N)OC(c1ccccc1)(c1ccccc1)C=C3. The predicted molar refractivity (Wildman–Crippen MR) is 134 cm³/mol. The van der Waals surface area contributed by atoms with Gasteiger partial charge in [0.25, 0.3) is 0 Å². The summed E-state index contributed by atoms with van der Waals surface area (Å²) in [4.78, 5) is 0. The van der Waals surface area contributed by atoms with Gasteiger partial charge < -0.3 is 39.1 Å². The molecule has 0 spiro atoms. The molecule has 0 bridgehead atoms. The first-order valence-electron chi connectivity index (χ1n) is 10.1. The summed E-state index contributed by atoms with van der Waals surface area (Å²) in [7, 11) is 0. The Morgan fingerprint density at radius 2 is 1.00 bits per heavy atom. The monoisotopic (exact) mass is 424 g/mol. The zero-order chi connectivity index (χ0) is 22.6. The molecule has 4 aromatic carbocycles. The second kappa shape index (κ2) is 6.75. The number of rotatable bonds is 2. The normalized spacial score (nSPS) is 14.1. The van der Waals surface area contributed by atoms with Crippen molar-refractivity contribution < 1.29 is 4.74 Å². The van der Waals surface area contributed by atoms with Gasteiger partial charge >= 0.3 is 0 Å². The van der Waals surface area contributed by atoms with Gasteiger partial charge in [0.15, 0.2) is 11.4 Å². The first-order valence-corrected chi connectivity index (χ1v) is 10.1. The third kappa shape index (κ3) is 2.48. The molecule has 1 heterocycles. The molecular weight excluding hydrogens is 400 g/mol. The van der Waals surface area contributed by atoms with Crippen molar-refractivity contribution >= 4 is 51.0 Å². The molecule has 7 nitrogen and oxygen atoms in total. The van der Waals surface area contributed by atoms with Crippen molar-refractivity contribution in [3.8, 4) is 5.75 Å². The minimum absolute atomic E-state index is 0.185. The minimum Gasteiger partial charge on any atom is -0.471 e. The highest BCUT2D eigenvalue weighted by Gasteiger charge is 2.39. The molecule has 0 radical (unpaired) electrons. The maximum absolute atomic E-state index is 6.72. The van der Waals surface area contributed by atoms with Crippen molar-refractivity contribution in [2.75, 3.05) is 34.4 Å². The van der Waals surface area contributed by atoms with E-state index in [1.54, 1.807) is 0 Å². The third-order valence-corrected chi connectivity index (χ3v) is 6.13. The molecule has 1 aliphatic heterocycles. The summed E-state index contributed by atoms with van der Waals surface area (Å²) >= 11 is 0. The number of nitrogen functional groups attached to an aromatic ring is 6. The lowest BCUT2D eigenvalue weighted by atomic mass is 9.82. The van der Waals surface area contributed by atoms with Crippen molar-refractivity contribution in [2.45, 2.75) is 5.60 Å². The van der Waals surface area contributed by atoms with E-state index >= 15 is 0 Å². The first-order chi connectivity index (χ1) is 15.4. The Morgan fingerprint density at radius 3 is 1.53 bits per heavy atom. The van der Waals surface area contributed by atoms with Gasteiger partial charge in [-0.2, -0.15) is 0 Å². The van der Waals surface area contributed by atoms with E-state index in [2.05, 4.69) is 0 Å². The van der Waals surface area contributed by atoms with Gasteiger partial charge in [-0.1, -0.05) is 60.7 Å². The smallest absolute Gasteiger partial charge is 0.178 e. The summed E-state index contributed by atoms with van der Waals surface area (Å²) in [6, 6.07) is 19.8. The number of nitrogens with two attached hydrogens (primary N) is 6. The predicted octanol–water partition coefficient (Wildman–Crippen LogP) is 3.68. The Labute approximate surface area is 185 Å². The summed E-state index contributed by atoms with van der Waals surface area (Å²) in [6.45, 7) is 0. The number of benzene rings is 4. The fourth-order valence-electron chi connectivity index (χ4n) is 4.42. The molecule has 1 aliphatic rings. The van der Waals surface area contributed by atoms with Crippen LogP contribution in [0.15, 0.2) is 66.7 Å². The topological polar surface area (TPSA) is 165 Å². The van der Waals surface area contributed by atoms with E-state index < -0.39 is 5.60 Å². The quantitative estimate of drug-likeness (QED) is 0.211. The maximum Gasteiger partial charge on any atom is 0.178 e. The number of hydrogen-bond acceptors (Lipinski definition) is 7. The average molecular weight is 425 g/mol. The van der Waals surface area contributed by atoms with Gasteiger partial charge in [-0.3, -0.25) is 0 Å². The fraction of sp³-hybridized carbons (Fsp3) is 0.0400. The highest BCUT2D eigenvalue weighted by Crippen LogP contribution is 2.53. The van der Waals surface area contributed by atoms with E-state index in [-0.39, 0.29) is 34.1 Å². The van der Waals surface area contributed by atoms with E-state index in [0.717, 1.165) is 11.1 Å². The molecule has 4 aromatic rings. The zero-order valence-corrected chi connectivity index (χ0v) is 17.3. The molecule has 0 aromatic heterocycles.